The van der Waals surface area contributed by atoms with Crippen molar-refractivity contribution in [2.45, 2.75) is 19.4 Å². The number of carbonyl (C=O) groups is 1. The number of amides is 1. The molecular formula is C17H17N7O2. The lowest BCUT2D eigenvalue weighted by molar-refractivity contribution is 0.109. The molecule has 26 heavy (non-hydrogen) atoms. The number of anilines is 1. The molecule has 1 aliphatic heterocycles. The summed E-state index contributed by atoms with van der Waals surface area (Å²) in [7, 11) is 0. The standard InChI is InChI=1S/C17H17N7O2/c1-10-22-13-8-21-15-12(2-5-19-15)14(13)16(23-10)24-7-3-11(9-24)26-17(25)20-6-4-18/h2,5,8,11H,3,6-7,9H2,1H3,(H,20,25)(H,22,23). The number of carbonyl (C=O) groups excluding carboxylic acids is 1. The number of pyridine rings is 1. The zero-order valence-electron chi connectivity index (χ0n) is 14.2. The van der Waals surface area contributed by atoms with E-state index in [1.807, 2.05) is 19.1 Å². The minimum absolute atomic E-state index is 0.0653. The second-order valence-corrected chi connectivity index (χ2v) is 6.15. The number of rotatable bonds is 3. The number of alkyl carbamates (subject to hydrolysis) is 1. The molecule has 1 unspecified atom stereocenters. The van der Waals surface area contributed by atoms with Crippen LogP contribution in [-0.4, -0.2) is 51.8 Å². The summed E-state index contributed by atoms with van der Waals surface area (Å²) in [6.07, 6.45) is 3.39. The molecule has 1 atom stereocenters. The topological polar surface area (TPSA) is 120 Å². The number of aromatic amines is 1. The van der Waals surface area contributed by atoms with Gasteiger partial charge in [0, 0.05) is 24.5 Å². The maximum Gasteiger partial charge on any atom is 0.408 e. The van der Waals surface area contributed by atoms with Crippen LogP contribution in [0.15, 0.2) is 18.5 Å². The molecule has 4 rings (SSSR count). The molecule has 1 fully saturated rings. The van der Waals surface area contributed by atoms with Crippen LogP contribution in [0.5, 0.6) is 0 Å². The third-order valence-electron chi connectivity index (χ3n) is 4.38. The first-order valence-corrected chi connectivity index (χ1v) is 8.32. The highest BCUT2D eigenvalue weighted by Gasteiger charge is 2.28. The Morgan fingerprint density at radius 3 is 3.27 bits per heavy atom. The molecule has 9 nitrogen and oxygen atoms in total. The predicted octanol–water partition coefficient (Wildman–Crippen LogP) is 1.64. The number of hydrogen-bond donors (Lipinski definition) is 2. The monoisotopic (exact) mass is 351 g/mol. The van der Waals surface area contributed by atoms with E-state index in [0.717, 1.165) is 34.5 Å². The normalized spacial score (nSPS) is 16.8. The number of nitriles is 1. The number of nitrogens with zero attached hydrogens (tertiary/aromatic N) is 5. The van der Waals surface area contributed by atoms with Crippen LogP contribution in [0.1, 0.15) is 12.2 Å². The van der Waals surface area contributed by atoms with Gasteiger partial charge in [-0.1, -0.05) is 0 Å². The van der Waals surface area contributed by atoms with E-state index in [2.05, 4.69) is 25.2 Å². The molecule has 0 aromatic carbocycles. The van der Waals surface area contributed by atoms with Crippen LogP contribution in [0, 0.1) is 18.3 Å². The number of fused-ring (bicyclic) bond motifs is 3. The van der Waals surface area contributed by atoms with Crippen LogP contribution in [0.2, 0.25) is 0 Å². The number of ether oxygens (including phenoxy) is 1. The van der Waals surface area contributed by atoms with Crippen molar-refractivity contribution in [3.05, 3.63) is 24.3 Å². The third-order valence-corrected chi connectivity index (χ3v) is 4.38. The molecule has 0 saturated carbocycles. The number of nitrogens with one attached hydrogen (secondary N) is 2. The highest BCUT2D eigenvalue weighted by molar-refractivity contribution is 6.09. The zero-order valence-corrected chi connectivity index (χ0v) is 14.2. The Morgan fingerprint density at radius 2 is 2.42 bits per heavy atom. The number of aryl methyl sites for hydroxylation is 1. The van der Waals surface area contributed by atoms with Crippen molar-refractivity contribution in [3.63, 3.8) is 0 Å². The Morgan fingerprint density at radius 1 is 1.54 bits per heavy atom. The Balaban J connectivity index is 1.64. The van der Waals surface area contributed by atoms with Gasteiger partial charge in [-0.2, -0.15) is 5.26 Å². The molecule has 1 saturated heterocycles. The van der Waals surface area contributed by atoms with Crippen molar-refractivity contribution < 1.29 is 9.53 Å². The highest BCUT2D eigenvalue weighted by Crippen LogP contribution is 2.32. The Labute approximate surface area is 149 Å². The van der Waals surface area contributed by atoms with Crippen molar-refractivity contribution in [2.75, 3.05) is 24.5 Å². The van der Waals surface area contributed by atoms with Crippen LogP contribution in [0.25, 0.3) is 21.9 Å². The minimum Gasteiger partial charge on any atom is -0.444 e. The molecule has 0 spiro atoms. The van der Waals surface area contributed by atoms with E-state index in [0.29, 0.717) is 18.6 Å². The first-order valence-electron chi connectivity index (χ1n) is 8.32. The highest BCUT2D eigenvalue weighted by atomic mass is 16.6. The number of hydrogen-bond acceptors (Lipinski definition) is 7. The molecule has 0 bridgehead atoms. The van der Waals surface area contributed by atoms with E-state index in [9.17, 15) is 4.79 Å². The van der Waals surface area contributed by atoms with Crippen LogP contribution in [0.3, 0.4) is 0 Å². The summed E-state index contributed by atoms with van der Waals surface area (Å²) in [6, 6.07) is 3.78. The first-order chi connectivity index (χ1) is 12.7. The molecular weight excluding hydrogens is 334 g/mol. The van der Waals surface area contributed by atoms with E-state index in [1.165, 1.54) is 0 Å². The van der Waals surface area contributed by atoms with E-state index in [4.69, 9.17) is 15.0 Å². The molecule has 3 aromatic rings. The Bertz CT molecular complexity index is 1020. The van der Waals surface area contributed by atoms with Crippen LogP contribution in [-0.2, 0) is 4.74 Å². The van der Waals surface area contributed by atoms with Gasteiger partial charge in [0.25, 0.3) is 0 Å². The van der Waals surface area contributed by atoms with Crippen molar-refractivity contribution in [2.24, 2.45) is 0 Å². The maximum atomic E-state index is 11.7. The second-order valence-electron chi connectivity index (χ2n) is 6.15. The zero-order chi connectivity index (χ0) is 18.1. The molecule has 0 radical (unpaired) electrons. The quantitative estimate of drug-likeness (QED) is 0.688. The second kappa shape index (κ2) is 6.48. The molecule has 9 heteroatoms. The molecule has 2 N–H and O–H groups in total. The van der Waals surface area contributed by atoms with Gasteiger partial charge in [-0.3, -0.25) is 0 Å². The summed E-state index contributed by atoms with van der Waals surface area (Å²) in [4.78, 5) is 30.4. The van der Waals surface area contributed by atoms with E-state index >= 15 is 0 Å². The van der Waals surface area contributed by atoms with E-state index < -0.39 is 6.09 Å². The summed E-state index contributed by atoms with van der Waals surface area (Å²) in [6.45, 7) is 3.10. The fourth-order valence-electron chi connectivity index (χ4n) is 3.28. The lowest BCUT2D eigenvalue weighted by Gasteiger charge is -2.20. The number of aromatic nitrogens is 4. The van der Waals surface area contributed by atoms with E-state index in [-0.39, 0.29) is 12.6 Å². The predicted molar refractivity (Wildman–Crippen MR) is 94.6 cm³/mol. The summed E-state index contributed by atoms with van der Waals surface area (Å²) in [5.41, 5.74) is 1.57. The van der Waals surface area contributed by atoms with Crippen LogP contribution >= 0.6 is 0 Å². The summed E-state index contributed by atoms with van der Waals surface area (Å²) < 4.78 is 5.38. The van der Waals surface area contributed by atoms with Gasteiger partial charge in [-0.05, 0) is 13.0 Å². The van der Waals surface area contributed by atoms with Crippen LogP contribution < -0.4 is 10.2 Å². The summed E-state index contributed by atoms with van der Waals surface area (Å²) >= 11 is 0. The average molecular weight is 351 g/mol. The van der Waals surface area contributed by atoms with Gasteiger partial charge in [0.1, 0.15) is 24.3 Å². The van der Waals surface area contributed by atoms with Gasteiger partial charge in [0.05, 0.1) is 29.7 Å². The Hall–Kier alpha value is -3.41. The molecule has 0 aliphatic carbocycles. The maximum absolute atomic E-state index is 11.7. The molecule has 1 aliphatic rings. The SMILES string of the molecule is Cc1nc(N2CCC(OC(=O)NCC#N)C2)c2c(cnc3nccc32)[nH]1. The fraction of sp³-hybridized carbons (Fsp3) is 0.353. The molecule has 3 aromatic heterocycles. The minimum atomic E-state index is -0.569. The van der Waals surface area contributed by atoms with Crippen LogP contribution in [0.4, 0.5) is 10.6 Å². The van der Waals surface area contributed by atoms with E-state index in [1.54, 1.807) is 12.4 Å². The lowest BCUT2D eigenvalue weighted by Crippen LogP contribution is -2.31. The summed E-state index contributed by atoms with van der Waals surface area (Å²) in [5.74, 6) is 1.62. The van der Waals surface area contributed by atoms with Crippen molar-refractivity contribution in [1.29, 1.82) is 5.26 Å². The van der Waals surface area contributed by atoms with Gasteiger partial charge in [0.2, 0.25) is 0 Å². The molecule has 4 heterocycles. The van der Waals surface area contributed by atoms with Gasteiger partial charge in [-0.25, -0.2) is 19.7 Å². The lowest BCUT2D eigenvalue weighted by atomic mass is 10.2. The van der Waals surface area contributed by atoms with Crippen molar-refractivity contribution >= 4 is 33.8 Å². The smallest absolute Gasteiger partial charge is 0.408 e. The van der Waals surface area contributed by atoms with Gasteiger partial charge >= 0.3 is 6.09 Å². The van der Waals surface area contributed by atoms with Gasteiger partial charge in [0.15, 0.2) is 5.65 Å². The number of H-pyrrole nitrogens is 1. The van der Waals surface area contributed by atoms with Crippen molar-refractivity contribution in [3.8, 4) is 6.07 Å². The fourth-order valence-corrected chi connectivity index (χ4v) is 3.28. The Kier molecular flexibility index (Phi) is 4.01. The molecule has 1 amide bonds. The van der Waals surface area contributed by atoms with Crippen molar-refractivity contribution in [1.82, 2.24) is 25.3 Å². The average Bonchev–Trinajstić information content (AvgIpc) is 3.28. The van der Waals surface area contributed by atoms with Gasteiger partial charge in [-0.15, -0.1) is 0 Å². The third kappa shape index (κ3) is 2.86. The molecule has 132 valence electrons. The summed E-state index contributed by atoms with van der Waals surface area (Å²) in [5, 5.41) is 12.8. The largest absolute Gasteiger partial charge is 0.444 e. The first kappa shape index (κ1) is 16.1. The van der Waals surface area contributed by atoms with Gasteiger partial charge < -0.3 is 19.9 Å².